The van der Waals surface area contributed by atoms with E-state index in [1.54, 1.807) is 36.4 Å². The molecule has 34 heavy (non-hydrogen) atoms. The van der Waals surface area contributed by atoms with Gasteiger partial charge < -0.3 is 15.2 Å². The van der Waals surface area contributed by atoms with E-state index in [0.717, 1.165) is 22.4 Å². The maximum absolute atomic E-state index is 13.1. The first-order valence-electron chi connectivity index (χ1n) is 11.0. The molecule has 0 bridgehead atoms. The van der Waals surface area contributed by atoms with Gasteiger partial charge in [0.2, 0.25) is 5.91 Å². The second-order valence-electron chi connectivity index (χ2n) is 7.85. The van der Waals surface area contributed by atoms with Crippen LogP contribution in [0, 0.1) is 5.82 Å². The summed E-state index contributed by atoms with van der Waals surface area (Å²) in [7, 11) is 0. The number of benzene rings is 3. The Morgan fingerprint density at radius 1 is 0.941 bits per heavy atom. The Labute approximate surface area is 201 Å². The van der Waals surface area contributed by atoms with Crippen LogP contribution in [0.25, 0.3) is 11.0 Å². The standard InChI is InChI=1S/C26H24ClFN4O2/c27-21-7-2-1-6-20(21)26(34)29-15-5-10-24-31-22-8-3-4-9-23(22)32(24)17-25(33)30-16-18-11-13-19(28)14-12-18/h1-4,6-9,11-14H,5,10,15-17H2,(H,29,34)(H,30,33). The predicted molar refractivity (Wildman–Crippen MR) is 130 cm³/mol. The fraction of sp³-hybridized carbons (Fsp3) is 0.192. The molecule has 0 atom stereocenters. The summed E-state index contributed by atoms with van der Waals surface area (Å²) in [5.41, 5.74) is 2.94. The SMILES string of the molecule is O=C(Cn1c(CCCNC(=O)c2ccccc2Cl)nc2ccccc21)NCc1ccc(F)cc1. The highest BCUT2D eigenvalue weighted by molar-refractivity contribution is 6.33. The Hall–Kier alpha value is -3.71. The van der Waals surface area contributed by atoms with Crippen molar-refractivity contribution in [2.24, 2.45) is 0 Å². The summed E-state index contributed by atoms with van der Waals surface area (Å²) in [6.45, 7) is 0.877. The molecule has 1 aromatic heterocycles. The topological polar surface area (TPSA) is 76.0 Å². The molecule has 1 heterocycles. The quantitative estimate of drug-likeness (QED) is 0.347. The highest BCUT2D eigenvalue weighted by Gasteiger charge is 2.14. The van der Waals surface area contributed by atoms with Crippen LogP contribution in [0.3, 0.4) is 0 Å². The summed E-state index contributed by atoms with van der Waals surface area (Å²) in [6.07, 6.45) is 1.24. The van der Waals surface area contributed by atoms with E-state index in [9.17, 15) is 14.0 Å². The van der Waals surface area contributed by atoms with E-state index in [0.29, 0.717) is 36.5 Å². The zero-order valence-corrected chi connectivity index (χ0v) is 19.2. The number of nitrogens with zero attached hydrogens (tertiary/aromatic N) is 2. The number of aromatic nitrogens is 2. The first kappa shape index (κ1) is 23.4. The molecule has 0 aliphatic heterocycles. The number of aryl methyl sites for hydroxylation is 1. The van der Waals surface area contributed by atoms with Crippen LogP contribution >= 0.6 is 11.6 Å². The number of carbonyl (C=O) groups is 2. The molecule has 0 aliphatic rings. The van der Waals surface area contributed by atoms with E-state index in [1.165, 1.54) is 12.1 Å². The average Bonchev–Trinajstić information content (AvgIpc) is 3.18. The number of imidazole rings is 1. The molecule has 8 heteroatoms. The molecule has 6 nitrogen and oxygen atoms in total. The van der Waals surface area contributed by atoms with Gasteiger partial charge in [-0.1, -0.05) is 48.0 Å². The minimum absolute atomic E-state index is 0.114. The van der Waals surface area contributed by atoms with Gasteiger partial charge in [-0.3, -0.25) is 9.59 Å². The monoisotopic (exact) mass is 478 g/mol. The Morgan fingerprint density at radius 3 is 2.47 bits per heavy atom. The number of halogens is 2. The third-order valence-corrected chi connectivity index (χ3v) is 5.75. The van der Waals surface area contributed by atoms with Crippen LogP contribution < -0.4 is 10.6 Å². The van der Waals surface area contributed by atoms with Crippen molar-refractivity contribution < 1.29 is 14.0 Å². The first-order valence-corrected chi connectivity index (χ1v) is 11.4. The van der Waals surface area contributed by atoms with Gasteiger partial charge in [-0.25, -0.2) is 9.37 Å². The van der Waals surface area contributed by atoms with Crippen LogP contribution in [-0.4, -0.2) is 27.9 Å². The zero-order chi connectivity index (χ0) is 23.9. The molecule has 2 N–H and O–H groups in total. The summed E-state index contributed by atoms with van der Waals surface area (Å²) in [5.74, 6) is 0.0674. The molecular formula is C26H24ClFN4O2. The fourth-order valence-electron chi connectivity index (χ4n) is 3.68. The number of rotatable bonds is 9. The smallest absolute Gasteiger partial charge is 0.252 e. The van der Waals surface area contributed by atoms with Crippen LogP contribution in [0.4, 0.5) is 4.39 Å². The molecule has 0 spiro atoms. The second-order valence-corrected chi connectivity index (χ2v) is 8.25. The van der Waals surface area contributed by atoms with Gasteiger partial charge in [0.05, 0.1) is 21.6 Å². The number of hydrogen-bond donors (Lipinski definition) is 2. The molecule has 0 fully saturated rings. The predicted octanol–water partition coefficient (Wildman–Crippen LogP) is 4.51. The minimum atomic E-state index is -0.312. The van der Waals surface area contributed by atoms with Crippen molar-refractivity contribution in [3.63, 3.8) is 0 Å². The van der Waals surface area contributed by atoms with Crippen molar-refractivity contribution in [2.45, 2.75) is 25.9 Å². The van der Waals surface area contributed by atoms with Crippen LogP contribution in [0.1, 0.15) is 28.2 Å². The third-order valence-electron chi connectivity index (χ3n) is 5.42. The molecule has 4 rings (SSSR count). The molecule has 3 aromatic carbocycles. The first-order chi connectivity index (χ1) is 16.5. The maximum Gasteiger partial charge on any atom is 0.252 e. The number of nitrogens with one attached hydrogen (secondary N) is 2. The molecular weight excluding hydrogens is 455 g/mol. The van der Waals surface area contributed by atoms with Gasteiger partial charge in [0.15, 0.2) is 0 Å². The van der Waals surface area contributed by atoms with Crippen LogP contribution in [-0.2, 0) is 24.3 Å². The van der Waals surface area contributed by atoms with Gasteiger partial charge in [-0.2, -0.15) is 0 Å². The molecule has 0 radical (unpaired) electrons. The lowest BCUT2D eigenvalue weighted by Gasteiger charge is -2.11. The van der Waals surface area contributed by atoms with Gasteiger partial charge in [-0.05, 0) is 48.4 Å². The van der Waals surface area contributed by atoms with Crippen molar-refractivity contribution in [1.82, 2.24) is 20.2 Å². The van der Waals surface area contributed by atoms with Crippen molar-refractivity contribution >= 4 is 34.4 Å². The summed E-state index contributed by atoms with van der Waals surface area (Å²) < 4.78 is 15.0. The van der Waals surface area contributed by atoms with E-state index in [4.69, 9.17) is 16.6 Å². The fourth-order valence-corrected chi connectivity index (χ4v) is 3.91. The molecule has 0 saturated carbocycles. The van der Waals surface area contributed by atoms with Crippen LogP contribution in [0.15, 0.2) is 72.8 Å². The van der Waals surface area contributed by atoms with Crippen molar-refractivity contribution in [3.05, 3.63) is 101 Å². The summed E-state index contributed by atoms with van der Waals surface area (Å²) >= 11 is 6.09. The number of fused-ring (bicyclic) bond motifs is 1. The number of para-hydroxylation sites is 2. The molecule has 4 aromatic rings. The number of amides is 2. The Bertz CT molecular complexity index is 1300. The van der Waals surface area contributed by atoms with Gasteiger partial charge in [-0.15, -0.1) is 0 Å². The maximum atomic E-state index is 13.1. The third kappa shape index (κ3) is 5.80. The summed E-state index contributed by atoms with van der Waals surface area (Å²) in [6, 6.07) is 20.6. The van der Waals surface area contributed by atoms with Crippen molar-refractivity contribution in [1.29, 1.82) is 0 Å². The molecule has 174 valence electrons. The van der Waals surface area contributed by atoms with Gasteiger partial charge in [0, 0.05) is 19.5 Å². The molecule has 2 amide bonds. The van der Waals surface area contributed by atoms with Gasteiger partial charge in [0.25, 0.3) is 5.91 Å². The summed E-state index contributed by atoms with van der Waals surface area (Å²) in [4.78, 5) is 29.7. The van der Waals surface area contributed by atoms with E-state index in [2.05, 4.69) is 10.6 Å². The zero-order valence-electron chi connectivity index (χ0n) is 18.4. The Morgan fingerprint density at radius 2 is 1.68 bits per heavy atom. The Kier molecular flexibility index (Phi) is 7.54. The highest BCUT2D eigenvalue weighted by Crippen LogP contribution is 2.18. The van der Waals surface area contributed by atoms with Crippen LogP contribution in [0.2, 0.25) is 5.02 Å². The van der Waals surface area contributed by atoms with Crippen molar-refractivity contribution in [3.8, 4) is 0 Å². The Balaban J connectivity index is 1.37. The lowest BCUT2D eigenvalue weighted by molar-refractivity contribution is -0.121. The van der Waals surface area contributed by atoms with E-state index < -0.39 is 0 Å². The van der Waals surface area contributed by atoms with E-state index >= 15 is 0 Å². The normalized spacial score (nSPS) is 10.9. The van der Waals surface area contributed by atoms with Crippen LogP contribution in [0.5, 0.6) is 0 Å². The number of carbonyl (C=O) groups excluding carboxylic acids is 2. The van der Waals surface area contributed by atoms with Gasteiger partial charge >= 0.3 is 0 Å². The van der Waals surface area contributed by atoms with E-state index in [-0.39, 0.29) is 24.2 Å². The van der Waals surface area contributed by atoms with Gasteiger partial charge in [0.1, 0.15) is 18.2 Å². The molecule has 0 aliphatic carbocycles. The molecule has 0 unspecified atom stereocenters. The largest absolute Gasteiger partial charge is 0.352 e. The molecule has 0 saturated heterocycles. The lowest BCUT2D eigenvalue weighted by Crippen LogP contribution is -2.28. The lowest BCUT2D eigenvalue weighted by atomic mass is 10.2. The second kappa shape index (κ2) is 10.9. The summed E-state index contributed by atoms with van der Waals surface area (Å²) in [5, 5.41) is 6.17. The highest BCUT2D eigenvalue weighted by atomic mass is 35.5. The minimum Gasteiger partial charge on any atom is -0.352 e. The van der Waals surface area contributed by atoms with Crippen molar-refractivity contribution in [2.75, 3.05) is 6.54 Å². The van der Waals surface area contributed by atoms with E-state index in [1.807, 2.05) is 28.8 Å². The average molecular weight is 479 g/mol. The number of hydrogen-bond acceptors (Lipinski definition) is 3.